The molecule has 0 unspecified atom stereocenters. The summed E-state index contributed by atoms with van der Waals surface area (Å²) in [5.74, 6) is 1.06. The molecule has 8 nitrogen and oxygen atoms in total. The van der Waals surface area contributed by atoms with E-state index in [1.807, 2.05) is 31.9 Å². The fourth-order valence-corrected chi connectivity index (χ4v) is 3.31. The van der Waals surface area contributed by atoms with Gasteiger partial charge in [0.25, 0.3) is 0 Å². The van der Waals surface area contributed by atoms with Crippen molar-refractivity contribution in [3.63, 3.8) is 0 Å². The van der Waals surface area contributed by atoms with Gasteiger partial charge in [0.1, 0.15) is 35.0 Å². The lowest BCUT2D eigenvalue weighted by Gasteiger charge is -2.05. The Morgan fingerprint density at radius 2 is 1.18 bits per heavy atom. The van der Waals surface area contributed by atoms with Gasteiger partial charge in [0, 0.05) is 18.2 Å². The number of hydrogen-bond acceptors (Lipinski definition) is 8. The molecule has 2 aliphatic heterocycles. The van der Waals surface area contributed by atoms with Crippen LogP contribution in [0.4, 0.5) is 0 Å². The van der Waals surface area contributed by atoms with E-state index in [0.29, 0.717) is 39.6 Å². The van der Waals surface area contributed by atoms with Crippen LogP contribution in [0.25, 0.3) is 45.1 Å². The second-order valence-corrected chi connectivity index (χ2v) is 7.31. The summed E-state index contributed by atoms with van der Waals surface area (Å²) in [6, 6.07) is 19.6. The van der Waals surface area contributed by atoms with Crippen molar-refractivity contribution in [1.82, 2.24) is 9.97 Å². The molecule has 1 N–H and O–H groups in total. The number of rotatable bonds is 0. The minimum absolute atomic E-state index is 0.0648. The lowest BCUT2D eigenvalue weighted by atomic mass is 10.2. The van der Waals surface area contributed by atoms with Crippen LogP contribution in [-0.2, 0) is 4.79 Å². The maximum Gasteiger partial charge on any atom is 0.182 e. The van der Waals surface area contributed by atoms with Gasteiger partial charge >= 0.3 is 0 Å². The molecular weight excluding hydrogens is 436 g/mol. The van der Waals surface area contributed by atoms with Gasteiger partial charge in [0.15, 0.2) is 33.5 Å². The van der Waals surface area contributed by atoms with Crippen LogP contribution in [0.3, 0.4) is 0 Å². The van der Waals surface area contributed by atoms with Crippen LogP contribution in [-0.4, -0.2) is 21.9 Å². The Morgan fingerprint density at radius 1 is 0.676 bits per heavy atom. The Balaban J connectivity index is 0.000000150. The zero-order valence-corrected chi connectivity index (χ0v) is 18.0. The minimum atomic E-state index is -0.127. The molecule has 0 aromatic heterocycles. The van der Waals surface area contributed by atoms with Gasteiger partial charge in [-0.05, 0) is 61.0 Å². The van der Waals surface area contributed by atoms with Crippen molar-refractivity contribution >= 4 is 29.0 Å². The maximum atomic E-state index is 11.2. The summed E-state index contributed by atoms with van der Waals surface area (Å²) >= 11 is 0. The summed E-state index contributed by atoms with van der Waals surface area (Å²) in [5.41, 5.74) is 4.85. The van der Waals surface area contributed by atoms with Crippen molar-refractivity contribution in [2.75, 3.05) is 0 Å². The number of aromatic nitrogens is 2. The molecule has 0 atom stereocenters. The molecule has 0 fully saturated rings. The van der Waals surface area contributed by atoms with Crippen molar-refractivity contribution < 1.29 is 18.7 Å². The van der Waals surface area contributed by atoms with Crippen LogP contribution in [0.5, 0.6) is 5.75 Å². The van der Waals surface area contributed by atoms with Crippen LogP contribution < -0.4 is 10.9 Å². The SMILES string of the molecule is C=O.Cc1ccc2nc3ccc(=O)cc-3oc2c1.O=c1ccc2nc3ccc(O)cc3oc-2c1. The third kappa shape index (κ3) is 4.66. The molecular formula is C26H18N2O6. The van der Waals surface area contributed by atoms with Gasteiger partial charge < -0.3 is 18.7 Å². The van der Waals surface area contributed by atoms with Crippen molar-refractivity contribution in [3.8, 4) is 28.7 Å². The first-order valence-corrected chi connectivity index (χ1v) is 10.1. The molecule has 4 aliphatic rings. The Bertz CT molecular complexity index is 1550. The van der Waals surface area contributed by atoms with E-state index >= 15 is 0 Å². The third-order valence-corrected chi connectivity index (χ3v) is 4.84. The fourth-order valence-electron chi connectivity index (χ4n) is 3.31. The molecule has 0 amide bonds. The van der Waals surface area contributed by atoms with Crippen LogP contribution in [0.1, 0.15) is 5.56 Å². The smallest absolute Gasteiger partial charge is 0.182 e. The van der Waals surface area contributed by atoms with Gasteiger partial charge in [-0.25, -0.2) is 9.97 Å². The molecule has 8 heteroatoms. The van der Waals surface area contributed by atoms with E-state index < -0.39 is 0 Å². The van der Waals surface area contributed by atoms with E-state index in [1.54, 1.807) is 24.3 Å². The summed E-state index contributed by atoms with van der Waals surface area (Å²) in [6.07, 6.45) is 0. The number of phenols is 1. The second-order valence-electron chi connectivity index (χ2n) is 7.31. The predicted molar refractivity (Wildman–Crippen MR) is 127 cm³/mol. The molecule has 2 aromatic rings. The highest BCUT2D eigenvalue weighted by Crippen LogP contribution is 2.26. The molecule has 168 valence electrons. The van der Waals surface area contributed by atoms with E-state index in [2.05, 4.69) is 9.97 Å². The molecule has 34 heavy (non-hydrogen) atoms. The van der Waals surface area contributed by atoms with E-state index in [-0.39, 0.29) is 16.6 Å². The second kappa shape index (κ2) is 9.33. The monoisotopic (exact) mass is 454 g/mol. The molecule has 0 spiro atoms. The number of aryl methyl sites for hydroxylation is 1. The third-order valence-electron chi connectivity index (χ3n) is 4.84. The summed E-state index contributed by atoms with van der Waals surface area (Å²) in [5, 5.41) is 9.31. The first-order valence-electron chi connectivity index (χ1n) is 10.1. The number of phenolic OH excluding ortho intramolecular Hbond substituents is 1. The van der Waals surface area contributed by atoms with Crippen LogP contribution in [0.15, 0.2) is 91.2 Å². The number of carbonyl (C=O) groups excluding carboxylic acids is 1. The molecule has 0 radical (unpaired) electrons. The van der Waals surface area contributed by atoms with Gasteiger partial charge in [0.2, 0.25) is 0 Å². The fraction of sp³-hybridized carbons (Fsp3) is 0.0385. The van der Waals surface area contributed by atoms with Gasteiger partial charge in [-0.3, -0.25) is 9.59 Å². The maximum absolute atomic E-state index is 11.2. The molecule has 0 saturated carbocycles. The van der Waals surface area contributed by atoms with Gasteiger partial charge in [-0.2, -0.15) is 0 Å². The number of fused-ring (bicyclic) bond motifs is 4. The van der Waals surface area contributed by atoms with Crippen molar-refractivity contribution in [2.45, 2.75) is 6.92 Å². The first-order chi connectivity index (χ1) is 16.4. The average molecular weight is 454 g/mol. The highest BCUT2D eigenvalue weighted by Gasteiger charge is 2.10. The average Bonchev–Trinajstić information content (AvgIpc) is 2.83. The Kier molecular flexibility index (Phi) is 6.13. The van der Waals surface area contributed by atoms with E-state index in [4.69, 9.17) is 13.6 Å². The van der Waals surface area contributed by atoms with Gasteiger partial charge in [0.05, 0.1) is 0 Å². The minimum Gasteiger partial charge on any atom is -0.508 e. The lowest BCUT2D eigenvalue weighted by molar-refractivity contribution is -0.0980. The number of carbonyl (C=O) groups is 1. The number of aromatic hydroxyl groups is 1. The Labute approximate surface area is 192 Å². The summed E-state index contributed by atoms with van der Waals surface area (Å²) in [7, 11) is 0. The van der Waals surface area contributed by atoms with E-state index in [0.717, 1.165) is 11.1 Å². The molecule has 6 rings (SSSR count). The molecule has 0 bridgehead atoms. The first kappa shape index (κ1) is 22.3. The van der Waals surface area contributed by atoms with E-state index in [1.165, 1.54) is 30.3 Å². The summed E-state index contributed by atoms with van der Waals surface area (Å²) < 4.78 is 11.1. The van der Waals surface area contributed by atoms with Crippen LogP contribution >= 0.6 is 0 Å². The number of nitrogens with zero attached hydrogens (tertiary/aromatic N) is 2. The molecule has 2 heterocycles. The zero-order chi connectivity index (χ0) is 24.2. The van der Waals surface area contributed by atoms with Gasteiger partial charge in [-0.15, -0.1) is 0 Å². The standard InChI is InChI=1S/C13H9NO2.C12H7NO3.CH2O/c1-8-2-4-10-12(6-8)16-13-7-9(15)3-5-11(13)14-10;14-7-1-3-9-11(5-7)16-12-6-8(15)2-4-10(12)13-9;1-2/h2-7H,1H3;1-6,14H;1H2. The summed E-state index contributed by atoms with van der Waals surface area (Å²) in [4.78, 5) is 39.1. The van der Waals surface area contributed by atoms with Gasteiger partial charge in [-0.1, -0.05) is 6.07 Å². The van der Waals surface area contributed by atoms with E-state index in [9.17, 15) is 14.7 Å². The van der Waals surface area contributed by atoms with Crippen molar-refractivity contribution in [3.05, 3.63) is 98.8 Å². The Hall–Kier alpha value is -4.85. The predicted octanol–water partition coefficient (Wildman–Crippen LogP) is 4.41. The normalized spacial score (nSPS) is 10.5. The molecule has 2 aliphatic carbocycles. The van der Waals surface area contributed by atoms with Crippen LogP contribution in [0.2, 0.25) is 0 Å². The molecule has 0 saturated heterocycles. The zero-order valence-electron chi connectivity index (χ0n) is 18.0. The van der Waals surface area contributed by atoms with Crippen molar-refractivity contribution in [2.24, 2.45) is 0 Å². The number of benzene rings is 4. The quantitative estimate of drug-likeness (QED) is 0.335. The topological polar surface area (TPSA) is 124 Å². The van der Waals surface area contributed by atoms with Crippen molar-refractivity contribution in [1.29, 1.82) is 0 Å². The summed E-state index contributed by atoms with van der Waals surface area (Å²) in [6.45, 7) is 3.99. The Morgan fingerprint density at radius 3 is 1.74 bits per heavy atom. The highest BCUT2D eigenvalue weighted by atomic mass is 16.3. The largest absolute Gasteiger partial charge is 0.508 e. The number of hydrogen-bond donors (Lipinski definition) is 1. The highest BCUT2D eigenvalue weighted by molar-refractivity contribution is 5.78. The lowest BCUT2D eigenvalue weighted by Crippen LogP contribution is -1.99. The van der Waals surface area contributed by atoms with Crippen LogP contribution in [0, 0.1) is 6.92 Å². The molecule has 2 aromatic carbocycles.